The summed E-state index contributed by atoms with van der Waals surface area (Å²) in [7, 11) is 0. The molecule has 3 N–H and O–H groups in total. The number of carbonyl (C=O) groups excluding carboxylic acids is 1. The van der Waals surface area contributed by atoms with Gasteiger partial charge in [-0.2, -0.15) is 13.2 Å². The molecule has 0 bridgehead atoms. The maximum Gasteiger partial charge on any atom is 0.426 e. The molecule has 0 aliphatic carbocycles. The number of halogens is 5. The second kappa shape index (κ2) is 7.89. The van der Waals surface area contributed by atoms with Gasteiger partial charge in [0, 0.05) is 12.1 Å². The molecule has 0 aromatic heterocycles. The Kier molecular flexibility index (Phi) is 6.67. The summed E-state index contributed by atoms with van der Waals surface area (Å²) in [6, 6.07) is 2.13. The second-order valence-corrected chi connectivity index (χ2v) is 6.30. The van der Waals surface area contributed by atoms with Gasteiger partial charge in [0.15, 0.2) is 0 Å². The van der Waals surface area contributed by atoms with Crippen molar-refractivity contribution >= 4 is 23.4 Å². The zero-order valence-electron chi connectivity index (χ0n) is 13.3. The van der Waals surface area contributed by atoms with E-state index in [-0.39, 0.29) is 22.8 Å². The fourth-order valence-electron chi connectivity index (χ4n) is 1.59. The number of ether oxygens (including phenoxy) is 1. The summed E-state index contributed by atoms with van der Waals surface area (Å²) in [6.45, 7) is 3.39. The van der Waals surface area contributed by atoms with Crippen LogP contribution < -0.4 is 16.2 Å². The zero-order chi connectivity index (χ0) is 18.5. The third-order valence-electron chi connectivity index (χ3n) is 2.48. The van der Waals surface area contributed by atoms with E-state index >= 15 is 0 Å². The van der Waals surface area contributed by atoms with Gasteiger partial charge >= 0.3 is 12.3 Å². The summed E-state index contributed by atoms with van der Waals surface area (Å²) in [6.07, 6.45) is -5.19. The number of alkyl halides is 3. The van der Waals surface area contributed by atoms with Crippen molar-refractivity contribution in [3.63, 3.8) is 0 Å². The first-order valence-corrected chi connectivity index (χ1v) is 7.25. The van der Waals surface area contributed by atoms with E-state index in [0.29, 0.717) is 0 Å². The van der Waals surface area contributed by atoms with Crippen LogP contribution in [0.4, 0.5) is 28.0 Å². The zero-order valence-corrected chi connectivity index (χ0v) is 14.0. The van der Waals surface area contributed by atoms with Crippen LogP contribution in [0.3, 0.4) is 0 Å². The highest BCUT2D eigenvalue weighted by molar-refractivity contribution is 6.33. The Morgan fingerprint density at radius 2 is 1.88 bits per heavy atom. The van der Waals surface area contributed by atoms with Crippen molar-refractivity contribution in [1.82, 2.24) is 10.7 Å². The van der Waals surface area contributed by atoms with Gasteiger partial charge < -0.3 is 10.1 Å². The number of nitrogens with one attached hydrogen (secondary N) is 3. The minimum absolute atomic E-state index is 0.0443. The molecule has 1 amide bonds. The Balaban J connectivity index is 2.71. The molecule has 0 spiro atoms. The van der Waals surface area contributed by atoms with Gasteiger partial charge in [0.25, 0.3) is 0 Å². The predicted molar refractivity (Wildman–Crippen MR) is 82.2 cm³/mol. The molecule has 0 saturated carbocycles. The number of anilines is 1. The highest BCUT2D eigenvalue weighted by atomic mass is 35.5. The van der Waals surface area contributed by atoms with Crippen molar-refractivity contribution in [3.8, 4) is 0 Å². The number of rotatable bonds is 5. The topological polar surface area (TPSA) is 62.4 Å². The van der Waals surface area contributed by atoms with E-state index in [1.54, 1.807) is 20.8 Å². The van der Waals surface area contributed by atoms with Crippen molar-refractivity contribution < 1.29 is 27.1 Å². The quantitative estimate of drug-likeness (QED) is 0.541. The summed E-state index contributed by atoms with van der Waals surface area (Å²) in [5.41, 5.74) is 4.00. The monoisotopic (exact) mass is 371 g/mol. The van der Waals surface area contributed by atoms with E-state index in [9.17, 15) is 22.4 Å². The van der Waals surface area contributed by atoms with E-state index in [2.05, 4.69) is 16.2 Å². The third kappa shape index (κ3) is 7.69. The normalized spacial score (nSPS) is 12.0. The number of benzene rings is 1. The highest BCUT2D eigenvalue weighted by Crippen LogP contribution is 2.25. The molecule has 0 unspecified atom stereocenters. The molecule has 24 heavy (non-hydrogen) atoms. The molecule has 0 atom stereocenters. The SMILES string of the molecule is CC(C)(C)OC(=O)NNc1cc(CNCC(F)(F)F)c(F)cc1Cl. The van der Waals surface area contributed by atoms with Crippen LogP contribution in [0.25, 0.3) is 0 Å². The van der Waals surface area contributed by atoms with Gasteiger partial charge in [-0.1, -0.05) is 11.6 Å². The predicted octanol–water partition coefficient (Wildman–Crippen LogP) is 3.98. The first kappa shape index (κ1) is 20.3. The van der Waals surface area contributed by atoms with E-state index in [0.717, 1.165) is 6.07 Å². The van der Waals surface area contributed by atoms with Gasteiger partial charge in [0.1, 0.15) is 11.4 Å². The molecule has 0 fully saturated rings. The molecule has 1 aromatic rings. The van der Waals surface area contributed by atoms with E-state index in [4.69, 9.17) is 16.3 Å². The van der Waals surface area contributed by atoms with Gasteiger partial charge in [0.2, 0.25) is 0 Å². The fraction of sp³-hybridized carbons (Fsp3) is 0.500. The van der Waals surface area contributed by atoms with Gasteiger partial charge in [-0.05, 0) is 32.9 Å². The average molecular weight is 372 g/mol. The summed E-state index contributed by atoms with van der Waals surface area (Å²) < 4.78 is 55.0. The van der Waals surface area contributed by atoms with Crippen LogP contribution in [0, 0.1) is 5.82 Å². The van der Waals surface area contributed by atoms with Crippen molar-refractivity contribution in [3.05, 3.63) is 28.5 Å². The fourth-order valence-corrected chi connectivity index (χ4v) is 1.78. The molecule has 1 aromatic carbocycles. The molecule has 5 nitrogen and oxygen atoms in total. The Bertz CT molecular complexity index is 589. The Morgan fingerprint density at radius 1 is 1.25 bits per heavy atom. The first-order valence-electron chi connectivity index (χ1n) is 6.88. The minimum atomic E-state index is -4.40. The third-order valence-corrected chi connectivity index (χ3v) is 2.79. The van der Waals surface area contributed by atoms with Crippen LogP contribution in [0.15, 0.2) is 12.1 Å². The van der Waals surface area contributed by atoms with Crippen molar-refractivity contribution in [2.75, 3.05) is 12.0 Å². The Labute approximate surface area is 141 Å². The van der Waals surface area contributed by atoms with Crippen LogP contribution in [-0.4, -0.2) is 24.4 Å². The molecule has 10 heteroatoms. The van der Waals surface area contributed by atoms with Crippen molar-refractivity contribution in [1.29, 1.82) is 0 Å². The average Bonchev–Trinajstić information content (AvgIpc) is 2.36. The lowest BCUT2D eigenvalue weighted by Gasteiger charge is -2.20. The second-order valence-electron chi connectivity index (χ2n) is 5.89. The van der Waals surface area contributed by atoms with Crippen LogP contribution >= 0.6 is 11.6 Å². The van der Waals surface area contributed by atoms with Gasteiger partial charge in [0.05, 0.1) is 17.3 Å². The highest BCUT2D eigenvalue weighted by Gasteiger charge is 2.26. The number of hydrogen-bond acceptors (Lipinski definition) is 4. The van der Waals surface area contributed by atoms with Crippen LogP contribution in [0.2, 0.25) is 5.02 Å². The van der Waals surface area contributed by atoms with E-state index in [1.807, 2.05) is 0 Å². The number of carbonyl (C=O) groups is 1. The maximum absolute atomic E-state index is 13.7. The first-order chi connectivity index (χ1) is 10.9. The van der Waals surface area contributed by atoms with E-state index < -0.39 is 30.2 Å². The molecule has 136 valence electrons. The number of hydrazine groups is 1. The molecule has 0 saturated heterocycles. The molecule has 0 radical (unpaired) electrons. The van der Waals surface area contributed by atoms with Crippen molar-refractivity contribution in [2.45, 2.75) is 39.1 Å². The summed E-state index contributed by atoms with van der Waals surface area (Å²) in [4.78, 5) is 11.5. The summed E-state index contributed by atoms with van der Waals surface area (Å²) >= 11 is 5.83. The van der Waals surface area contributed by atoms with Gasteiger partial charge in [-0.3, -0.25) is 5.43 Å². The van der Waals surface area contributed by atoms with Crippen LogP contribution in [0.5, 0.6) is 0 Å². The molecule has 0 aliphatic rings. The van der Waals surface area contributed by atoms with Gasteiger partial charge in [-0.15, -0.1) is 0 Å². The van der Waals surface area contributed by atoms with E-state index in [1.165, 1.54) is 6.07 Å². The lowest BCUT2D eigenvalue weighted by molar-refractivity contribution is -0.125. The summed E-state index contributed by atoms with van der Waals surface area (Å²) in [5, 5.41) is 2.02. The Morgan fingerprint density at radius 3 is 2.42 bits per heavy atom. The molecule has 0 heterocycles. The Hall–Kier alpha value is -1.74. The maximum atomic E-state index is 13.7. The van der Waals surface area contributed by atoms with Crippen molar-refractivity contribution in [2.24, 2.45) is 0 Å². The number of amides is 1. The lowest BCUT2D eigenvalue weighted by Crippen LogP contribution is -2.36. The minimum Gasteiger partial charge on any atom is -0.443 e. The van der Waals surface area contributed by atoms with Gasteiger partial charge in [-0.25, -0.2) is 14.6 Å². The largest absolute Gasteiger partial charge is 0.443 e. The lowest BCUT2D eigenvalue weighted by atomic mass is 10.2. The van der Waals surface area contributed by atoms with Crippen LogP contribution in [0.1, 0.15) is 26.3 Å². The standard InChI is InChI=1S/C14H18ClF4N3O2/c1-13(2,3)24-12(23)22-21-11-4-8(10(16)5-9(11)15)6-20-7-14(17,18)19/h4-5,20-21H,6-7H2,1-3H3,(H,22,23). The van der Waals surface area contributed by atoms with Crippen LogP contribution in [-0.2, 0) is 11.3 Å². The number of hydrogen-bond donors (Lipinski definition) is 3. The smallest absolute Gasteiger partial charge is 0.426 e. The summed E-state index contributed by atoms with van der Waals surface area (Å²) in [5.74, 6) is -0.766. The molecule has 0 aliphatic heterocycles. The molecule has 1 rings (SSSR count). The molecular formula is C14H18ClF4N3O2. The molecular weight excluding hydrogens is 354 g/mol.